The highest BCUT2D eigenvalue weighted by Gasteiger charge is 2.37. The molecule has 2 N–H and O–H groups in total. The molecule has 0 fully saturated rings. The second kappa shape index (κ2) is 8.49. The van der Waals surface area contributed by atoms with Crippen LogP contribution in [0.15, 0.2) is 30.9 Å². The first-order chi connectivity index (χ1) is 14.5. The third-order valence-electron chi connectivity index (χ3n) is 5.22. The lowest BCUT2D eigenvalue weighted by molar-refractivity contribution is 0.0764. The summed E-state index contributed by atoms with van der Waals surface area (Å²) < 4.78 is 39.7. The van der Waals surface area contributed by atoms with E-state index >= 15 is 0 Å². The number of carbonyl (C=O) groups is 1. The minimum absolute atomic E-state index is 0.0133. The first kappa shape index (κ1) is 23.1. The minimum Gasteiger partial charge on any atom is -0.504 e. The van der Waals surface area contributed by atoms with Crippen LogP contribution in [-0.2, 0) is 35.3 Å². The van der Waals surface area contributed by atoms with Crippen LogP contribution >= 0.6 is 11.6 Å². The highest BCUT2D eigenvalue weighted by Crippen LogP contribution is 2.44. The molecule has 0 saturated carbocycles. The summed E-state index contributed by atoms with van der Waals surface area (Å²) in [7, 11) is -0.955. The highest BCUT2D eigenvalue weighted by molar-refractivity contribution is 7.88. The van der Waals surface area contributed by atoms with Crippen molar-refractivity contribution in [1.29, 1.82) is 0 Å². The fourth-order valence-corrected chi connectivity index (χ4v) is 4.72. The fraction of sp³-hybridized carbons (Fsp3) is 0.286. The molecule has 0 spiro atoms. The topological polar surface area (TPSA) is 98.1 Å². The number of benzene rings is 2. The standard InChI is InChI=1S/C21H22ClFN2O5S/c1-4-5-13-15(11-31(29,30)24(2)3)14-10-25(21(28)18(14)20(27)19(13)26)9-12-6-7-17(23)16(22)8-12/h4,6-8,26-27H,1,5,9-11H2,2-3H3. The Balaban J connectivity index is 2.10. The lowest BCUT2D eigenvalue weighted by atomic mass is 9.94. The van der Waals surface area contributed by atoms with E-state index in [2.05, 4.69) is 6.58 Å². The Morgan fingerprint density at radius 3 is 2.52 bits per heavy atom. The van der Waals surface area contributed by atoms with Gasteiger partial charge in [-0.05, 0) is 35.2 Å². The van der Waals surface area contributed by atoms with Gasteiger partial charge < -0.3 is 15.1 Å². The number of sulfonamides is 1. The Labute approximate surface area is 185 Å². The molecule has 0 aliphatic carbocycles. The summed E-state index contributed by atoms with van der Waals surface area (Å²) in [5, 5.41) is 21.0. The third-order valence-corrected chi connectivity index (χ3v) is 7.27. The number of hydrogen-bond acceptors (Lipinski definition) is 5. The van der Waals surface area contributed by atoms with Crippen molar-refractivity contribution in [2.45, 2.75) is 25.3 Å². The van der Waals surface area contributed by atoms with Gasteiger partial charge in [-0.3, -0.25) is 4.79 Å². The molecule has 3 rings (SSSR count). The van der Waals surface area contributed by atoms with E-state index in [9.17, 15) is 27.8 Å². The molecular weight excluding hydrogens is 447 g/mol. The normalized spacial score (nSPS) is 13.7. The number of phenolic OH excluding ortho intramolecular Hbond substituents is 2. The van der Waals surface area contributed by atoms with Crippen molar-refractivity contribution < 1.29 is 27.8 Å². The van der Waals surface area contributed by atoms with Crippen molar-refractivity contribution in [3.8, 4) is 11.5 Å². The zero-order chi connectivity index (χ0) is 23.1. The molecule has 0 bridgehead atoms. The molecule has 2 aromatic rings. The number of halogens is 2. The number of fused-ring (bicyclic) bond motifs is 1. The molecule has 31 heavy (non-hydrogen) atoms. The van der Waals surface area contributed by atoms with Gasteiger partial charge >= 0.3 is 0 Å². The third kappa shape index (κ3) is 4.26. The number of phenols is 2. The number of aromatic hydroxyl groups is 2. The van der Waals surface area contributed by atoms with Crippen LogP contribution in [0.2, 0.25) is 5.02 Å². The van der Waals surface area contributed by atoms with Crippen molar-refractivity contribution in [3.05, 3.63) is 69.5 Å². The van der Waals surface area contributed by atoms with E-state index in [1.807, 2.05) is 0 Å². The lowest BCUT2D eigenvalue weighted by Gasteiger charge is -2.19. The molecule has 7 nitrogen and oxygen atoms in total. The Hall–Kier alpha value is -2.62. The molecule has 1 aliphatic rings. The van der Waals surface area contributed by atoms with E-state index in [0.717, 1.165) is 4.31 Å². The van der Waals surface area contributed by atoms with Crippen LogP contribution in [0.5, 0.6) is 11.5 Å². The largest absolute Gasteiger partial charge is 0.504 e. The van der Waals surface area contributed by atoms with Crippen molar-refractivity contribution >= 4 is 27.5 Å². The second-order valence-corrected chi connectivity index (χ2v) is 10.0. The molecule has 0 saturated heterocycles. The zero-order valence-corrected chi connectivity index (χ0v) is 18.6. The van der Waals surface area contributed by atoms with E-state index in [1.165, 1.54) is 43.3 Å². The van der Waals surface area contributed by atoms with Gasteiger partial charge in [0, 0.05) is 32.7 Å². The predicted octanol–water partition coefficient (Wildman–Crippen LogP) is 3.17. The van der Waals surface area contributed by atoms with Crippen molar-refractivity contribution in [1.82, 2.24) is 9.21 Å². The monoisotopic (exact) mass is 468 g/mol. The van der Waals surface area contributed by atoms with Crippen LogP contribution in [-0.4, -0.2) is 47.8 Å². The molecule has 166 valence electrons. The summed E-state index contributed by atoms with van der Waals surface area (Å²) in [5.41, 5.74) is 1.21. The first-order valence-electron chi connectivity index (χ1n) is 9.30. The summed E-state index contributed by atoms with van der Waals surface area (Å²) in [6.45, 7) is 3.69. The summed E-state index contributed by atoms with van der Waals surface area (Å²) in [4.78, 5) is 14.4. The van der Waals surface area contributed by atoms with Crippen LogP contribution in [0.25, 0.3) is 0 Å². The molecular formula is C21H22ClFN2O5S. The van der Waals surface area contributed by atoms with Gasteiger partial charge in [-0.1, -0.05) is 23.7 Å². The maximum Gasteiger partial charge on any atom is 0.258 e. The average Bonchev–Trinajstić information content (AvgIpc) is 3.01. The Bertz CT molecular complexity index is 1180. The number of nitrogens with zero attached hydrogens (tertiary/aromatic N) is 2. The Morgan fingerprint density at radius 1 is 1.26 bits per heavy atom. The zero-order valence-electron chi connectivity index (χ0n) is 17.0. The van der Waals surface area contributed by atoms with Gasteiger partial charge in [0.1, 0.15) is 5.82 Å². The SMILES string of the molecule is C=CCc1c(O)c(O)c2c(c1CS(=O)(=O)N(C)C)CN(Cc1ccc(F)c(Cl)c1)C2=O. The van der Waals surface area contributed by atoms with Crippen LogP contribution in [0.1, 0.15) is 32.6 Å². The van der Waals surface area contributed by atoms with E-state index in [1.54, 1.807) is 0 Å². The summed E-state index contributed by atoms with van der Waals surface area (Å²) in [6.07, 6.45) is 1.58. The van der Waals surface area contributed by atoms with E-state index in [-0.39, 0.29) is 41.2 Å². The van der Waals surface area contributed by atoms with E-state index < -0.39 is 39.0 Å². The molecule has 2 aromatic carbocycles. The van der Waals surface area contributed by atoms with Crippen LogP contribution in [0.3, 0.4) is 0 Å². The van der Waals surface area contributed by atoms with Gasteiger partial charge in [0.25, 0.3) is 5.91 Å². The number of rotatable bonds is 7. The van der Waals surface area contributed by atoms with Gasteiger partial charge in [0.15, 0.2) is 11.5 Å². The van der Waals surface area contributed by atoms with Gasteiger partial charge in [0.2, 0.25) is 10.0 Å². The van der Waals surface area contributed by atoms with E-state index in [4.69, 9.17) is 11.6 Å². The Morgan fingerprint density at radius 2 is 1.94 bits per heavy atom. The predicted molar refractivity (Wildman–Crippen MR) is 115 cm³/mol. The maximum absolute atomic E-state index is 13.5. The first-order valence-corrected chi connectivity index (χ1v) is 11.3. The molecule has 1 aliphatic heterocycles. The quantitative estimate of drug-likeness (QED) is 0.480. The number of hydrogen-bond donors (Lipinski definition) is 2. The summed E-state index contributed by atoms with van der Waals surface area (Å²) >= 11 is 5.82. The van der Waals surface area contributed by atoms with Gasteiger partial charge in [-0.2, -0.15) is 0 Å². The second-order valence-electron chi connectivity index (χ2n) is 7.45. The highest BCUT2D eigenvalue weighted by atomic mass is 35.5. The Kier molecular flexibility index (Phi) is 6.31. The summed E-state index contributed by atoms with van der Waals surface area (Å²) in [5.74, 6) is -2.75. The van der Waals surface area contributed by atoms with E-state index in [0.29, 0.717) is 11.1 Å². The van der Waals surface area contributed by atoms with Gasteiger partial charge in [-0.15, -0.1) is 6.58 Å². The van der Waals surface area contributed by atoms with Crippen molar-refractivity contribution in [3.63, 3.8) is 0 Å². The van der Waals surface area contributed by atoms with Crippen LogP contribution in [0, 0.1) is 5.82 Å². The van der Waals surface area contributed by atoms with Gasteiger partial charge in [0.05, 0.1) is 16.3 Å². The molecule has 0 atom stereocenters. The van der Waals surface area contributed by atoms with Crippen LogP contribution < -0.4 is 0 Å². The molecule has 1 heterocycles. The summed E-state index contributed by atoms with van der Waals surface area (Å²) in [6, 6.07) is 4.06. The number of amides is 1. The van der Waals surface area contributed by atoms with Gasteiger partial charge in [-0.25, -0.2) is 17.1 Å². The average molecular weight is 469 g/mol. The van der Waals surface area contributed by atoms with Crippen molar-refractivity contribution in [2.24, 2.45) is 0 Å². The molecule has 0 unspecified atom stereocenters. The van der Waals surface area contributed by atoms with Crippen molar-refractivity contribution in [2.75, 3.05) is 14.1 Å². The van der Waals surface area contributed by atoms with Crippen LogP contribution in [0.4, 0.5) is 4.39 Å². The lowest BCUT2D eigenvalue weighted by Crippen LogP contribution is -2.25. The molecule has 1 amide bonds. The smallest absolute Gasteiger partial charge is 0.258 e. The molecule has 0 radical (unpaired) electrons. The number of carbonyl (C=O) groups excluding carboxylic acids is 1. The fourth-order valence-electron chi connectivity index (χ4n) is 3.54. The molecule has 10 heteroatoms. The number of allylic oxidation sites excluding steroid dienone is 1. The maximum atomic E-state index is 13.5. The minimum atomic E-state index is -3.73. The molecule has 0 aromatic heterocycles.